The van der Waals surface area contributed by atoms with E-state index in [1.54, 1.807) is 0 Å². The van der Waals surface area contributed by atoms with E-state index in [2.05, 4.69) is 22.8 Å². The first-order valence-electron chi connectivity index (χ1n) is 7.28. The number of amides is 1. The van der Waals surface area contributed by atoms with Gasteiger partial charge in [-0.15, -0.1) is 0 Å². The number of carbonyl (C=O) groups excluding carboxylic acids is 1. The maximum Gasteiger partial charge on any atom is 0.224 e. The van der Waals surface area contributed by atoms with Gasteiger partial charge in [-0.2, -0.15) is 0 Å². The van der Waals surface area contributed by atoms with Crippen LogP contribution in [0.1, 0.15) is 18.9 Å². The van der Waals surface area contributed by atoms with E-state index in [9.17, 15) is 4.79 Å². The van der Waals surface area contributed by atoms with Crippen molar-refractivity contribution >= 4 is 5.91 Å². The number of rotatable bonds is 10. The van der Waals surface area contributed by atoms with Gasteiger partial charge in [0.15, 0.2) is 0 Å². The normalized spacial score (nSPS) is 12.1. The quantitative estimate of drug-likeness (QED) is 0.639. The fourth-order valence-corrected chi connectivity index (χ4v) is 1.90. The lowest BCUT2D eigenvalue weighted by atomic mass is 10.1. The molecule has 0 aromatic heterocycles. The molecule has 4 heteroatoms. The Labute approximate surface area is 121 Å². The molecule has 1 aromatic rings. The minimum Gasteiger partial charge on any atom is -0.381 e. The molecule has 0 bridgehead atoms. The molecule has 1 amide bonds. The molecule has 0 fully saturated rings. The fraction of sp³-hybridized carbons (Fsp3) is 0.562. The first kappa shape index (κ1) is 16.7. The highest BCUT2D eigenvalue weighted by atomic mass is 16.5. The zero-order chi connectivity index (χ0) is 14.6. The van der Waals surface area contributed by atoms with Gasteiger partial charge in [-0.1, -0.05) is 37.3 Å². The molecule has 0 aliphatic heterocycles. The molecular formula is C16H26N2O2. The number of carbonyl (C=O) groups is 1. The Bertz CT molecular complexity index is 368. The van der Waals surface area contributed by atoms with E-state index in [-0.39, 0.29) is 11.8 Å². The average Bonchev–Trinajstić information content (AvgIpc) is 2.47. The molecule has 1 unspecified atom stereocenters. The van der Waals surface area contributed by atoms with E-state index in [0.29, 0.717) is 19.7 Å². The second-order valence-corrected chi connectivity index (χ2v) is 4.95. The number of benzene rings is 1. The molecule has 112 valence electrons. The van der Waals surface area contributed by atoms with E-state index in [1.807, 2.05) is 32.2 Å². The van der Waals surface area contributed by atoms with E-state index >= 15 is 0 Å². The second kappa shape index (κ2) is 10.4. The van der Waals surface area contributed by atoms with Crippen molar-refractivity contribution < 1.29 is 9.53 Å². The van der Waals surface area contributed by atoms with Gasteiger partial charge in [-0.3, -0.25) is 4.79 Å². The minimum atomic E-state index is 0.0130. The molecule has 1 aromatic carbocycles. The van der Waals surface area contributed by atoms with Crippen LogP contribution in [0.5, 0.6) is 0 Å². The van der Waals surface area contributed by atoms with Crippen molar-refractivity contribution in [2.75, 3.05) is 33.4 Å². The van der Waals surface area contributed by atoms with Crippen LogP contribution in [-0.2, 0) is 16.0 Å². The van der Waals surface area contributed by atoms with Crippen molar-refractivity contribution in [1.82, 2.24) is 10.6 Å². The summed E-state index contributed by atoms with van der Waals surface area (Å²) in [6.45, 7) is 4.72. The molecule has 4 nitrogen and oxygen atoms in total. The summed E-state index contributed by atoms with van der Waals surface area (Å²) < 4.78 is 5.56. The van der Waals surface area contributed by atoms with Gasteiger partial charge < -0.3 is 15.4 Å². The summed E-state index contributed by atoms with van der Waals surface area (Å²) in [6, 6.07) is 10.3. The maximum atomic E-state index is 11.6. The second-order valence-electron chi connectivity index (χ2n) is 4.95. The molecule has 0 saturated carbocycles. The molecule has 1 atom stereocenters. The van der Waals surface area contributed by atoms with Crippen LogP contribution in [-0.4, -0.2) is 39.3 Å². The third kappa shape index (κ3) is 7.26. The first-order valence-corrected chi connectivity index (χ1v) is 7.28. The predicted molar refractivity (Wildman–Crippen MR) is 81.7 cm³/mol. The van der Waals surface area contributed by atoms with Crippen LogP contribution in [0.4, 0.5) is 0 Å². The van der Waals surface area contributed by atoms with Crippen LogP contribution in [0.15, 0.2) is 30.3 Å². The topological polar surface area (TPSA) is 50.4 Å². The Morgan fingerprint density at radius 2 is 2.00 bits per heavy atom. The Morgan fingerprint density at radius 1 is 1.25 bits per heavy atom. The van der Waals surface area contributed by atoms with Gasteiger partial charge in [0.05, 0.1) is 6.61 Å². The maximum absolute atomic E-state index is 11.6. The number of nitrogens with one attached hydrogen (secondary N) is 2. The smallest absolute Gasteiger partial charge is 0.224 e. The van der Waals surface area contributed by atoms with Gasteiger partial charge in [-0.05, 0) is 25.5 Å². The van der Waals surface area contributed by atoms with Gasteiger partial charge in [0.25, 0.3) is 0 Å². The minimum absolute atomic E-state index is 0.0130. The van der Waals surface area contributed by atoms with E-state index in [1.165, 1.54) is 5.56 Å². The molecule has 0 radical (unpaired) electrons. The summed E-state index contributed by atoms with van der Waals surface area (Å²) in [5.74, 6) is 0.114. The zero-order valence-electron chi connectivity index (χ0n) is 12.5. The molecule has 0 aliphatic carbocycles. The van der Waals surface area contributed by atoms with Crippen molar-refractivity contribution in [3.8, 4) is 0 Å². The van der Waals surface area contributed by atoms with Crippen molar-refractivity contribution in [2.45, 2.75) is 19.8 Å². The molecule has 1 rings (SSSR count). The van der Waals surface area contributed by atoms with Crippen LogP contribution in [0.3, 0.4) is 0 Å². The van der Waals surface area contributed by atoms with Crippen molar-refractivity contribution in [3.05, 3.63) is 35.9 Å². The van der Waals surface area contributed by atoms with E-state index in [4.69, 9.17) is 4.74 Å². The van der Waals surface area contributed by atoms with Crippen molar-refractivity contribution in [3.63, 3.8) is 0 Å². The SMILES string of the molecule is CNCC(C)C(=O)NCCCOCCc1ccccc1. The summed E-state index contributed by atoms with van der Waals surface area (Å²) in [5.41, 5.74) is 1.29. The van der Waals surface area contributed by atoms with Crippen molar-refractivity contribution in [2.24, 2.45) is 5.92 Å². The predicted octanol–water partition coefficient (Wildman–Crippen LogP) is 1.61. The van der Waals surface area contributed by atoms with Crippen LogP contribution in [0.2, 0.25) is 0 Å². The Balaban J connectivity index is 1.96. The lowest BCUT2D eigenvalue weighted by Crippen LogP contribution is -2.35. The summed E-state index contributed by atoms with van der Waals surface area (Å²) in [7, 11) is 1.85. The molecular weight excluding hydrogens is 252 g/mol. The van der Waals surface area contributed by atoms with E-state index in [0.717, 1.165) is 19.4 Å². The highest BCUT2D eigenvalue weighted by Gasteiger charge is 2.10. The number of hydrogen-bond donors (Lipinski definition) is 2. The third-order valence-electron chi connectivity index (χ3n) is 3.10. The molecule has 0 aliphatic rings. The Hall–Kier alpha value is -1.39. The summed E-state index contributed by atoms with van der Waals surface area (Å²) in [4.78, 5) is 11.6. The highest BCUT2D eigenvalue weighted by Crippen LogP contribution is 1.99. The molecule has 0 heterocycles. The molecule has 0 spiro atoms. The molecule has 2 N–H and O–H groups in total. The standard InChI is InChI=1S/C16H26N2O2/c1-14(13-17-2)16(19)18-10-6-11-20-12-9-15-7-4-3-5-8-15/h3-5,7-8,14,17H,6,9-13H2,1-2H3,(H,18,19). The Morgan fingerprint density at radius 3 is 2.70 bits per heavy atom. The van der Waals surface area contributed by atoms with Gasteiger partial charge >= 0.3 is 0 Å². The largest absolute Gasteiger partial charge is 0.381 e. The van der Waals surface area contributed by atoms with Crippen LogP contribution < -0.4 is 10.6 Å². The first-order chi connectivity index (χ1) is 9.74. The third-order valence-corrected chi connectivity index (χ3v) is 3.10. The van der Waals surface area contributed by atoms with Crippen molar-refractivity contribution in [1.29, 1.82) is 0 Å². The number of ether oxygens (including phenoxy) is 1. The summed E-state index contributed by atoms with van der Waals surface area (Å²) >= 11 is 0. The average molecular weight is 278 g/mol. The van der Waals surface area contributed by atoms with Gasteiger partial charge in [0.1, 0.15) is 0 Å². The lowest BCUT2D eigenvalue weighted by molar-refractivity contribution is -0.124. The number of hydrogen-bond acceptors (Lipinski definition) is 3. The summed E-state index contributed by atoms with van der Waals surface area (Å²) in [5, 5.41) is 5.91. The van der Waals surface area contributed by atoms with Gasteiger partial charge in [0, 0.05) is 25.6 Å². The van der Waals surface area contributed by atoms with Crippen LogP contribution in [0, 0.1) is 5.92 Å². The highest BCUT2D eigenvalue weighted by molar-refractivity contribution is 5.78. The van der Waals surface area contributed by atoms with Gasteiger partial charge in [0.2, 0.25) is 5.91 Å². The summed E-state index contributed by atoms with van der Waals surface area (Å²) in [6.07, 6.45) is 1.79. The Kier molecular flexibility index (Phi) is 8.67. The van der Waals surface area contributed by atoms with E-state index < -0.39 is 0 Å². The fourth-order valence-electron chi connectivity index (χ4n) is 1.90. The monoisotopic (exact) mass is 278 g/mol. The molecule has 0 saturated heterocycles. The van der Waals surface area contributed by atoms with Gasteiger partial charge in [-0.25, -0.2) is 0 Å². The molecule has 20 heavy (non-hydrogen) atoms. The zero-order valence-corrected chi connectivity index (χ0v) is 12.5. The van der Waals surface area contributed by atoms with Crippen LogP contribution >= 0.6 is 0 Å². The van der Waals surface area contributed by atoms with Crippen LogP contribution in [0.25, 0.3) is 0 Å². The lowest BCUT2D eigenvalue weighted by Gasteiger charge is -2.11.